The van der Waals surface area contributed by atoms with E-state index < -0.39 is 10.8 Å². The number of hydrogen-bond acceptors (Lipinski definition) is 3. The lowest BCUT2D eigenvalue weighted by molar-refractivity contribution is -0.385. The van der Waals surface area contributed by atoms with Crippen molar-refractivity contribution in [2.45, 2.75) is 6.92 Å². The highest BCUT2D eigenvalue weighted by molar-refractivity contribution is 6.18. The average Bonchev–Trinajstić information content (AvgIpc) is 2.33. The molecule has 0 aromatic heterocycles. The Balaban J connectivity index is 2.89. The van der Waals surface area contributed by atoms with Gasteiger partial charge in [0.2, 0.25) is 0 Å². The zero-order valence-electron chi connectivity index (χ0n) is 9.85. The summed E-state index contributed by atoms with van der Waals surface area (Å²) in [7, 11) is 0. The quantitative estimate of drug-likeness (QED) is 0.386. The van der Waals surface area contributed by atoms with Gasteiger partial charge >= 0.3 is 0 Å². The molecule has 6 heteroatoms. The molecule has 1 N–H and O–H groups in total. The number of carbonyl (C=O) groups is 1. The first-order valence-electron chi connectivity index (χ1n) is 5.31. The van der Waals surface area contributed by atoms with Crippen LogP contribution in [0, 0.1) is 17.0 Å². The van der Waals surface area contributed by atoms with Gasteiger partial charge in [0.1, 0.15) is 5.56 Å². The number of nitrogens with one attached hydrogen (secondary N) is 1. The fourth-order valence-corrected chi connectivity index (χ4v) is 1.60. The SMILES string of the molecule is Cc1cccc(C(=O)NC/C=C/CCl)c1[N+](=O)[O-]. The first-order chi connectivity index (χ1) is 8.57. The van der Waals surface area contributed by atoms with Gasteiger partial charge in [-0.2, -0.15) is 0 Å². The number of aryl methyl sites for hydroxylation is 1. The number of nitrogens with zero attached hydrogens (tertiary/aromatic N) is 1. The van der Waals surface area contributed by atoms with Crippen LogP contribution in [0.3, 0.4) is 0 Å². The molecule has 0 aliphatic carbocycles. The Morgan fingerprint density at radius 1 is 1.50 bits per heavy atom. The maximum atomic E-state index is 11.8. The first-order valence-corrected chi connectivity index (χ1v) is 5.84. The standard InChI is InChI=1S/C12H13ClN2O3/c1-9-5-4-6-10(11(9)15(17)18)12(16)14-8-3-2-7-13/h2-6H,7-8H2,1H3,(H,14,16)/b3-2+. The second-order valence-corrected chi connectivity index (χ2v) is 3.87. The van der Waals surface area contributed by atoms with Crippen LogP contribution in [0.2, 0.25) is 0 Å². The van der Waals surface area contributed by atoms with Crippen LogP contribution in [0.5, 0.6) is 0 Å². The molecular weight excluding hydrogens is 256 g/mol. The summed E-state index contributed by atoms with van der Waals surface area (Å²) >= 11 is 5.43. The lowest BCUT2D eigenvalue weighted by Gasteiger charge is -2.05. The lowest BCUT2D eigenvalue weighted by Crippen LogP contribution is -2.24. The number of para-hydroxylation sites is 1. The highest BCUT2D eigenvalue weighted by Gasteiger charge is 2.21. The predicted molar refractivity (Wildman–Crippen MR) is 70.0 cm³/mol. The van der Waals surface area contributed by atoms with E-state index in [0.29, 0.717) is 11.4 Å². The summed E-state index contributed by atoms with van der Waals surface area (Å²) in [6.45, 7) is 1.89. The number of nitro benzene ring substituents is 1. The molecule has 0 radical (unpaired) electrons. The minimum absolute atomic E-state index is 0.0688. The molecule has 0 spiro atoms. The van der Waals surface area contributed by atoms with E-state index in [9.17, 15) is 14.9 Å². The van der Waals surface area contributed by atoms with E-state index >= 15 is 0 Å². The van der Waals surface area contributed by atoms with Crippen LogP contribution < -0.4 is 5.32 Å². The maximum absolute atomic E-state index is 11.8. The number of carbonyl (C=O) groups excluding carboxylic acids is 1. The molecule has 0 bridgehead atoms. The molecule has 1 rings (SSSR count). The van der Waals surface area contributed by atoms with E-state index in [2.05, 4.69) is 5.32 Å². The molecule has 0 saturated carbocycles. The van der Waals surface area contributed by atoms with Crippen LogP contribution in [-0.4, -0.2) is 23.3 Å². The summed E-state index contributed by atoms with van der Waals surface area (Å²) < 4.78 is 0. The Kier molecular flexibility index (Phi) is 5.32. The fourth-order valence-electron chi connectivity index (χ4n) is 1.48. The van der Waals surface area contributed by atoms with Crippen molar-refractivity contribution in [3.63, 3.8) is 0 Å². The van der Waals surface area contributed by atoms with Gasteiger partial charge in [0.25, 0.3) is 11.6 Å². The molecule has 1 amide bonds. The number of hydrogen-bond donors (Lipinski definition) is 1. The fraction of sp³-hybridized carbons (Fsp3) is 0.250. The monoisotopic (exact) mass is 268 g/mol. The van der Waals surface area contributed by atoms with E-state index in [4.69, 9.17) is 11.6 Å². The normalized spacial score (nSPS) is 10.6. The summed E-state index contributed by atoms with van der Waals surface area (Å²) in [5.41, 5.74) is 0.375. The lowest BCUT2D eigenvalue weighted by atomic mass is 10.1. The first kappa shape index (κ1) is 14.2. The Labute approximate surface area is 110 Å². The largest absolute Gasteiger partial charge is 0.348 e. The highest BCUT2D eigenvalue weighted by atomic mass is 35.5. The van der Waals surface area contributed by atoms with Crippen molar-refractivity contribution >= 4 is 23.2 Å². The Morgan fingerprint density at radius 3 is 2.83 bits per heavy atom. The number of allylic oxidation sites excluding steroid dienone is 1. The average molecular weight is 269 g/mol. The zero-order chi connectivity index (χ0) is 13.5. The van der Waals surface area contributed by atoms with Gasteiger partial charge in [-0.3, -0.25) is 14.9 Å². The molecule has 1 aromatic carbocycles. The number of nitro groups is 1. The molecular formula is C12H13ClN2O3. The van der Waals surface area contributed by atoms with Gasteiger partial charge in [-0.15, -0.1) is 11.6 Å². The van der Waals surface area contributed by atoms with Crippen molar-refractivity contribution in [3.05, 3.63) is 51.6 Å². The molecule has 5 nitrogen and oxygen atoms in total. The van der Waals surface area contributed by atoms with E-state index in [1.807, 2.05) is 0 Å². The molecule has 0 unspecified atom stereocenters. The smallest absolute Gasteiger partial charge is 0.285 e. The minimum atomic E-state index is -0.543. The third kappa shape index (κ3) is 3.56. The van der Waals surface area contributed by atoms with Gasteiger partial charge in [-0.1, -0.05) is 24.3 Å². The number of amides is 1. The summed E-state index contributed by atoms with van der Waals surface area (Å²) in [6, 6.07) is 4.65. The second kappa shape index (κ2) is 6.76. The predicted octanol–water partition coefficient (Wildman–Crippen LogP) is 2.43. The van der Waals surface area contributed by atoms with Gasteiger partial charge in [0.15, 0.2) is 0 Å². The summed E-state index contributed by atoms with van der Waals surface area (Å²) in [4.78, 5) is 22.2. The third-order valence-corrected chi connectivity index (χ3v) is 2.48. The Morgan fingerprint density at radius 2 is 2.22 bits per heavy atom. The van der Waals surface area contributed by atoms with Crippen molar-refractivity contribution in [2.75, 3.05) is 12.4 Å². The molecule has 0 aliphatic heterocycles. The molecule has 0 heterocycles. The van der Waals surface area contributed by atoms with Crippen molar-refractivity contribution in [1.29, 1.82) is 0 Å². The van der Waals surface area contributed by atoms with Gasteiger partial charge in [0.05, 0.1) is 4.92 Å². The summed E-state index contributed by atoms with van der Waals surface area (Å²) in [5, 5.41) is 13.5. The van der Waals surface area contributed by atoms with E-state index in [1.165, 1.54) is 6.07 Å². The van der Waals surface area contributed by atoms with Crippen molar-refractivity contribution in [1.82, 2.24) is 5.32 Å². The minimum Gasteiger partial charge on any atom is -0.348 e. The molecule has 0 aliphatic rings. The summed E-state index contributed by atoms with van der Waals surface area (Å²) in [5.74, 6) is -0.106. The maximum Gasteiger partial charge on any atom is 0.285 e. The molecule has 18 heavy (non-hydrogen) atoms. The second-order valence-electron chi connectivity index (χ2n) is 3.56. The number of alkyl halides is 1. The molecule has 96 valence electrons. The molecule has 0 saturated heterocycles. The van der Waals surface area contributed by atoms with Crippen LogP contribution in [-0.2, 0) is 0 Å². The topological polar surface area (TPSA) is 72.2 Å². The third-order valence-electron chi connectivity index (χ3n) is 2.30. The van der Waals surface area contributed by atoms with Gasteiger partial charge < -0.3 is 5.32 Å². The van der Waals surface area contributed by atoms with E-state index in [1.54, 1.807) is 31.2 Å². The molecule has 0 fully saturated rings. The number of halogens is 1. The van der Waals surface area contributed by atoms with Gasteiger partial charge in [0, 0.05) is 18.0 Å². The number of benzene rings is 1. The van der Waals surface area contributed by atoms with Crippen LogP contribution in [0.25, 0.3) is 0 Å². The van der Waals surface area contributed by atoms with Crippen LogP contribution in [0.1, 0.15) is 15.9 Å². The summed E-state index contributed by atoms with van der Waals surface area (Å²) in [6.07, 6.45) is 3.37. The Hall–Kier alpha value is -1.88. The molecule has 0 atom stereocenters. The number of rotatable bonds is 5. The van der Waals surface area contributed by atoms with Crippen molar-refractivity contribution < 1.29 is 9.72 Å². The van der Waals surface area contributed by atoms with Gasteiger partial charge in [-0.25, -0.2) is 0 Å². The van der Waals surface area contributed by atoms with E-state index in [-0.39, 0.29) is 17.8 Å². The molecule has 1 aromatic rings. The van der Waals surface area contributed by atoms with Gasteiger partial charge in [-0.05, 0) is 13.0 Å². The van der Waals surface area contributed by atoms with Crippen LogP contribution in [0.4, 0.5) is 5.69 Å². The van der Waals surface area contributed by atoms with Crippen LogP contribution in [0.15, 0.2) is 30.4 Å². The zero-order valence-corrected chi connectivity index (χ0v) is 10.6. The Bertz CT molecular complexity index is 486. The highest BCUT2D eigenvalue weighted by Crippen LogP contribution is 2.22. The van der Waals surface area contributed by atoms with E-state index in [0.717, 1.165) is 0 Å². The van der Waals surface area contributed by atoms with Crippen molar-refractivity contribution in [2.24, 2.45) is 0 Å². The van der Waals surface area contributed by atoms with Crippen LogP contribution >= 0.6 is 11.6 Å². The van der Waals surface area contributed by atoms with Crippen molar-refractivity contribution in [3.8, 4) is 0 Å².